The molecule has 0 spiro atoms. The first-order chi connectivity index (χ1) is 9.69. The maximum Gasteiger partial charge on any atom is 0.323 e. The number of hydrogen-bond acceptors (Lipinski definition) is 4. The fourth-order valence-corrected chi connectivity index (χ4v) is 8.93. The van der Waals surface area contributed by atoms with Gasteiger partial charge in [0.15, 0.2) is 5.41 Å². The van der Waals surface area contributed by atoms with Crippen molar-refractivity contribution in [2.24, 2.45) is 64.6 Å². The Labute approximate surface area is 117 Å². The van der Waals surface area contributed by atoms with Crippen molar-refractivity contribution in [3.8, 4) is 0 Å². The molecule has 0 radical (unpaired) electrons. The fraction of sp³-hybridized carbons (Fsp3) is 0.875. The predicted octanol–water partition coefficient (Wildman–Crippen LogP) is 0.952. The molecule has 0 aromatic rings. The van der Waals surface area contributed by atoms with Crippen LogP contribution in [0.3, 0.4) is 0 Å². The molecule has 7 aliphatic rings. The number of ether oxygens (including phenoxy) is 2. The molecule has 0 N–H and O–H groups in total. The molecule has 7 saturated carbocycles. The van der Waals surface area contributed by atoms with Crippen LogP contribution in [0, 0.1) is 64.6 Å². The number of hydrogen-bond donors (Lipinski definition) is 0. The van der Waals surface area contributed by atoms with Gasteiger partial charge in [0.1, 0.15) is 0 Å². The van der Waals surface area contributed by atoms with Gasteiger partial charge in [0.2, 0.25) is 0 Å². The molecule has 0 amide bonds. The smallest absolute Gasteiger partial charge is 0.323 e. The highest BCUT2D eigenvalue weighted by atomic mass is 16.5. The number of carbonyl (C=O) groups excluding carboxylic acids is 2. The zero-order valence-corrected chi connectivity index (χ0v) is 11.6. The van der Waals surface area contributed by atoms with Gasteiger partial charge >= 0.3 is 11.9 Å². The van der Waals surface area contributed by atoms with Gasteiger partial charge in [-0.2, -0.15) is 0 Å². The van der Waals surface area contributed by atoms with Crippen molar-refractivity contribution in [1.29, 1.82) is 0 Å². The Kier molecular flexibility index (Phi) is 1.42. The highest BCUT2D eigenvalue weighted by Crippen LogP contribution is 2.94. The quantitative estimate of drug-likeness (QED) is 0.556. The van der Waals surface area contributed by atoms with Crippen molar-refractivity contribution in [3.05, 3.63) is 0 Å². The van der Waals surface area contributed by atoms with Crippen LogP contribution in [0.25, 0.3) is 0 Å². The molecule has 0 heterocycles. The first kappa shape index (κ1) is 10.6. The molecule has 7 aliphatic carbocycles. The zero-order chi connectivity index (χ0) is 13.5. The zero-order valence-electron chi connectivity index (χ0n) is 11.6. The summed E-state index contributed by atoms with van der Waals surface area (Å²) in [6.45, 7) is 0. The van der Waals surface area contributed by atoms with Crippen molar-refractivity contribution in [2.75, 3.05) is 14.2 Å². The van der Waals surface area contributed by atoms with Crippen LogP contribution in [0.5, 0.6) is 0 Å². The Morgan fingerprint density at radius 2 is 1.25 bits per heavy atom. The average molecular weight is 274 g/mol. The third-order valence-corrected chi connectivity index (χ3v) is 8.50. The lowest BCUT2D eigenvalue weighted by molar-refractivity contribution is -0.174. The molecule has 0 aliphatic heterocycles. The van der Waals surface area contributed by atoms with Crippen LogP contribution >= 0.6 is 0 Å². The predicted molar refractivity (Wildman–Crippen MR) is 66.0 cm³/mol. The van der Waals surface area contributed by atoms with Crippen molar-refractivity contribution >= 4 is 11.9 Å². The molecule has 0 aromatic carbocycles. The van der Waals surface area contributed by atoms with Crippen LogP contribution < -0.4 is 0 Å². The summed E-state index contributed by atoms with van der Waals surface area (Å²) in [4.78, 5) is 25.3. The summed E-state index contributed by atoms with van der Waals surface area (Å²) in [5, 5.41) is 0. The van der Waals surface area contributed by atoms with Crippen molar-refractivity contribution < 1.29 is 19.1 Å². The number of rotatable bonds is 2. The molecule has 0 unspecified atom stereocenters. The van der Waals surface area contributed by atoms with Gasteiger partial charge in [0.05, 0.1) is 14.2 Å². The minimum absolute atomic E-state index is 0.237. The molecule has 0 saturated heterocycles. The standard InChI is InChI=1S/C16H18O4/c1-19-14(17)16(15(18)20-2)12-8-4-3-5-7-6(4)10(12)11(7)13(16)9(5)8/h4-13H,3H2,1-2H3/t4-,5-,6+,7+,8+,9+,10+,11+,12-,13+/m0/s1. The van der Waals surface area contributed by atoms with Crippen molar-refractivity contribution in [1.82, 2.24) is 0 Å². The minimum atomic E-state index is -0.939. The van der Waals surface area contributed by atoms with Gasteiger partial charge in [0, 0.05) is 0 Å². The molecule has 10 atom stereocenters. The van der Waals surface area contributed by atoms with E-state index in [2.05, 4.69) is 0 Å². The van der Waals surface area contributed by atoms with Crippen molar-refractivity contribution in [3.63, 3.8) is 0 Å². The highest BCUT2D eigenvalue weighted by molar-refractivity contribution is 6.02. The monoisotopic (exact) mass is 274 g/mol. The fourth-order valence-electron chi connectivity index (χ4n) is 8.93. The van der Waals surface area contributed by atoms with Crippen LogP contribution in [-0.2, 0) is 19.1 Å². The summed E-state index contributed by atoms with van der Waals surface area (Å²) in [5.41, 5.74) is -0.939. The molecule has 7 fully saturated rings. The minimum Gasteiger partial charge on any atom is -0.468 e. The Balaban J connectivity index is 1.62. The lowest BCUT2D eigenvalue weighted by Gasteiger charge is -2.44. The van der Waals surface area contributed by atoms with Crippen LogP contribution in [-0.4, -0.2) is 26.2 Å². The van der Waals surface area contributed by atoms with E-state index >= 15 is 0 Å². The van der Waals surface area contributed by atoms with E-state index in [0.717, 1.165) is 23.7 Å². The van der Waals surface area contributed by atoms with E-state index in [9.17, 15) is 9.59 Å². The molecule has 4 nitrogen and oxygen atoms in total. The maximum atomic E-state index is 12.6. The molecule has 106 valence electrons. The SMILES string of the molecule is COC(=O)C1(C(=O)OC)[C@@H]2[C@@H]3[C@@H]4[C@@H]5C[C@H]6[C@H]4[C@H]3[C@H]1[C@H]6[C@@H]52. The van der Waals surface area contributed by atoms with Crippen LogP contribution in [0.1, 0.15) is 6.42 Å². The highest BCUT2D eigenvalue weighted by Gasteiger charge is 2.95. The second kappa shape index (κ2) is 2.67. The second-order valence-electron chi connectivity index (χ2n) is 7.93. The van der Waals surface area contributed by atoms with Gasteiger partial charge in [0.25, 0.3) is 0 Å². The largest absolute Gasteiger partial charge is 0.468 e. The number of methoxy groups -OCH3 is 2. The normalized spacial score (nSPS) is 63.1. The molecule has 20 heavy (non-hydrogen) atoms. The summed E-state index contributed by atoms with van der Waals surface area (Å²) in [6, 6.07) is 0. The lowest BCUT2D eigenvalue weighted by atomic mass is 9.60. The molecule has 7 rings (SSSR count). The Bertz CT molecular complexity index is 529. The molecule has 4 bridgehead atoms. The Hall–Kier alpha value is -1.06. The van der Waals surface area contributed by atoms with Crippen molar-refractivity contribution in [2.45, 2.75) is 6.42 Å². The van der Waals surface area contributed by atoms with Gasteiger partial charge in [-0.15, -0.1) is 0 Å². The van der Waals surface area contributed by atoms with Gasteiger partial charge < -0.3 is 9.47 Å². The summed E-state index contributed by atoms with van der Waals surface area (Å²) >= 11 is 0. The molecule has 4 heteroatoms. The van der Waals surface area contributed by atoms with E-state index in [4.69, 9.17) is 9.47 Å². The molecular formula is C16H18O4. The first-order valence-electron chi connectivity index (χ1n) is 7.86. The molecular weight excluding hydrogens is 256 g/mol. The van der Waals surface area contributed by atoms with E-state index in [1.165, 1.54) is 20.6 Å². The maximum absolute atomic E-state index is 12.6. The first-order valence-corrected chi connectivity index (χ1v) is 7.86. The third-order valence-electron chi connectivity index (χ3n) is 8.50. The van der Waals surface area contributed by atoms with Gasteiger partial charge in [-0.25, -0.2) is 0 Å². The topological polar surface area (TPSA) is 52.6 Å². The Morgan fingerprint density at radius 3 is 1.65 bits per heavy atom. The summed E-state index contributed by atoms with van der Waals surface area (Å²) in [7, 11) is 2.84. The van der Waals surface area contributed by atoms with Crippen LogP contribution in [0.15, 0.2) is 0 Å². The van der Waals surface area contributed by atoms with Gasteiger partial charge in [-0.05, 0) is 65.6 Å². The van der Waals surface area contributed by atoms with E-state index in [1.807, 2.05) is 0 Å². The molecule has 0 aromatic heterocycles. The average Bonchev–Trinajstić information content (AvgIpc) is 3.08. The van der Waals surface area contributed by atoms with E-state index < -0.39 is 5.41 Å². The lowest BCUT2D eigenvalue weighted by Crippen LogP contribution is -2.46. The van der Waals surface area contributed by atoms with Crippen LogP contribution in [0.4, 0.5) is 0 Å². The Morgan fingerprint density at radius 1 is 0.800 bits per heavy atom. The van der Waals surface area contributed by atoms with Crippen LogP contribution in [0.2, 0.25) is 0 Å². The van der Waals surface area contributed by atoms with Gasteiger partial charge in [-0.3, -0.25) is 9.59 Å². The van der Waals surface area contributed by atoms with E-state index in [-0.39, 0.29) is 23.8 Å². The number of carbonyl (C=O) groups is 2. The van der Waals surface area contributed by atoms with E-state index in [1.54, 1.807) is 0 Å². The second-order valence-corrected chi connectivity index (χ2v) is 7.93. The third kappa shape index (κ3) is 0.626. The summed E-state index contributed by atoms with van der Waals surface area (Å²) in [6.07, 6.45) is 1.38. The number of esters is 2. The summed E-state index contributed by atoms with van der Waals surface area (Å²) < 4.78 is 10.2. The van der Waals surface area contributed by atoms with Gasteiger partial charge in [-0.1, -0.05) is 0 Å². The summed E-state index contributed by atoms with van der Waals surface area (Å²) in [5.74, 6) is 5.64. The van der Waals surface area contributed by atoms with E-state index in [0.29, 0.717) is 23.7 Å².